The second kappa shape index (κ2) is 9.36. The van der Waals surface area contributed by atoms with Crippen LogP contribution in [0.2, 0.25) is 0 Å². The number of carbonyl (C=O) groups is 3. The average Bonchev–Trinajstić information content (AvgIpc) is 3.40. The van der Waals surface area contributed by atoms with Crippen LogP contribution in [-0.4, -0.2) is 41.3 Å². The van der Waals surface area contributed by atoms with E-state index in [9.17, 15) is 19.5 Å². The zero-order valence-corrected chi connectivity index (χ0v) is 20.8. The lowest BCUT2D eigenvalue weighted by molar-refractivity contribution is -0.143. The first-order valence-electron chi connectivity index (χ1n) is 12.2. The first-order chi connectivity index (χ1) is 16.5. The largest absolute Gasteiger partial charge is 0.481 e. The van der Waals surface area contributed by atoms with E-state index in [1.165, 1.54) is 0 Å². The molecule has 7 heteroatoms. The number of hydrogen-bond donors (Lipinski definition) is 3. The van der Waals surface area contributed by atoms with Crippen LogP contribution >= 0.6 is 0 Å². The van der Waals surface area contributed by atoms with Crippen molar-refractivity contribution in [1.29, 1.82) is 0 Å². The van der Waals surface area contributed by atoms with E-state index in [1.807, 2.05) is 24.3 Å². The summed E-state index contributed by atoms with van der Waals surface area (Å²) < 4.78 is 5.67. The van der Waals surface area contributed by atoms with E-state index in [1.54, 1.807) is 27.7 Å². The smallest absolute Gasteiger partial charge is 0.407 e. The Morgan fingerprint density at radius 2 is 1.51 bits per heavy atom. The highest BCUT2D eigenvalue weighted by Crippen LogP contribution is 2.44. The van der Waals surface area contributed by atoms with Gasteiger partial charge in [-0.15, -0.1) is 0 Å². The van der Waals surface area contributed by atoms with Crippen LogP contribution < -0.4 is 10.6 Å². The molecule has 186 valence electrons. The summed E-state index contributed by atoms with van der Waals surface area (Å²) in [4.78, 5) is 37.5. The average molecular weight is 479 g/mol. The van der Waals surface area contributed by atoms with Crippen molar-refractivity contribution in [2.75, 3.05) is 6.61 Å². The van der Waals surface area contributed by atoms with Crippen LogP contribution in [0.25, 0.3) is 11.1 Å². The van der Waals surface area contributed by atoms with E-state index in [0.29, 0.717) is 12.8 Å². The summed E-state index contributed by atoms with van der Waals surface area (Å²) in [6.45, 7) is 7.23. The Hall–Kier alpha value is -3.35. The Labute approximate surface area is 206 Å². The van der Waals surface area contributed by atoms with Crippen LogP contribution in [0.15, 0.2) is 48.5 Å². The number of nitrogens with one attached hydrogen (secondary N) is 2. The molecular weight excluding hydrogens is 444 g/mol. The van der Waals surface area contributed by atoms with Crippen molar-refractivity contribution in [2.45, 2.75) is 64.5 Å². The number of carboxylic acids is 1. The van der Waals surface area contributed by atoms with Crippen LogP contribution in [0, 0.1) is 11.3 Å². The lowest BCUT2D eigenvalue weighted by Crippen LogP contribution is -2.61. The predicted molar refractivity (Wildman–Crippen MR) is 133 cm³/mol. The number of benzene rings is 2. The van der Waals surface area contributed by atoms with Gasteiger partial charge >= 0.3 is 12.1 Å². The van der Waals surface area contributed by atoms with E-state index >= 15 is 0 Å². The van der Waals surface area contributed by atoms with E-state index in [4.69, 9.17) is 4.74 Å². The number of carbonyl (C=O) groups excluding carboxylic acids is 2. The number of carboxylic acid groups (broad SMARTS) is 1. The number of ether oxygens (including phenoxy) is 1. The Kier molecular flexibility index (Phi) is 6.62. The molecule has 0 radical (unpaired) electrons. The van der Waals surface area contributed by atoms with Gasteiger partial charge < -0.3 is 20.5 Å². The van der Waals surface area contributed by atoms with Gasteiger partial charge in [0.15, 0.2) is 0 Å². The van der Waals surface area contributed by atoms with Crippen LogP contribution in [-0.2, 0) is 14.3 Å². The molecule has 0 aromatic heterocycles. The Morgan fingerprint density at radius 1 is 0.943 bits per heavy atom. The summed E-state index contributed by atoms with van der Waals surface area (Å²) in [5, 5.41) is 15.2. The maximum absolute atomic E-state index is 13.2. The van der Waals surface area contributed by atoms with Crippen LogP contribution in [0.3, 0.4) is 0 Å². The van der Waals surface area contributed by atoms with Gasteiger partial charge in [-0.3, -0.25) is 9.59 Å². The van der Waals surface area contributed by atoms with Crippen LogP contribution in [0.1, 0.15) is 64.0 Å². The molecule has 0 heterocycles. The van der Waals surface area contributed by atoms with Crippen molar-refractivity contribution in [3.05, 3.63) is 59.7 Å². The number of rotatable bonds is 7. The fourth-order valence-electron chi connectivity index (χ4n) is 5.11. The SMILES string of the molecule is CC(C)(NC(=O)OCC1c2ccccc2-c2ccccc21)C(C)(C)C(=O)N[C@H]1CCC[C@H]1C(=O)O. The standard InChI is InChI=1S/C28H34N2O5/c1-27(2,25(33)29-23-15-9-14-21(23)24(31)32)28(3,4)30-26(34)35-16-22-19-12-7-5-10-17(19)18-11-6-8-13-20(18)22/h5-8,10-13,21-23H,9,14-16H2,1-4H3,(H,29,33)(H,30,34)(H,31,32)/t21-,23+/m1/s1. The second-order valence-electron chi connectivity index (χ2n) is 10.7. The third-order valence-electron chi connectivity index (χ3n) is 8.04. The Morgan fingerprint density at radius 3 is 2.09 bits per heavy atom. The summed E-state index contributed by atoms with van der Waals surface area (Å²) in [6, 6.07) is 15.9. The third-order valence-corrected chi connectivity index (χ3v) is 8.04. The van der Waals surface area contributed by atoms with E-state index in [-0.39, 0.29) is 18.4 Å². The molecule has 4 rings (SSSR count). The monoisotopic (exact) mass is 478 g/mol. The normalized spacial score (nSPS) is 19.5. The maximum Gasteiger partial charge on any atom is 0.407 e. The van der Waals surface area contributed by atoms with Gasteiger partial charge in [-0.25, -0.2) is 4.79 Å². The van der Waals surface area contributed by atoms with Crippen LogP contribution in [0.4, 0.5) is 4.79 Å². The molecule has 7 nitrogen and oxygen atoms in total. The fourth-order valence-corrected chi connectivity index (χ4v) is 5.11. The minimum atomic E-state index is -1.01. The first kappa shape index (κ1) is 24.8. The summed E-state index contributed by atoms with van der Waals surface area (Å²) in [7, 11) is 0. The number of hydrogen-bond acceptors (Lipinski definition) is 4. The summed E-state index contributed by atoms with van der Waals surface area (Å²) in [5.41, 5.74) is 2.61. The lowest BCUT2D eigenvalue weighted by Gasteiger charge is -2.41. The maximum atomic E-state index is 13.2. The first-order valence-corrected chi connectivity index (χ1v) is 12.2. The topological polar surface area (TPSA) is 105 Å². The van der Waals surface area contributed by atoms with Gasteiger partial charge in [0, 0.05) is 12.0 Å². The zero-order valence-electron chi connectivity index (χ0n) is 20.8. The molecule has 1 saturated carbocycles. The molecule has 3 N–H and O–H groups in total. The van der Waals surface area contributed by atoms with Gasteiger partial charge in [0.2, 0.25) is 5.91 Å². The molecule has 0 spiro atoms. The van der Waals surface area contributed by atoms with Gasteiger partial charge in [0.05, 0.1) is 16.9 Å². The molecule has 2 atom stereocenters. The molecule has 1 fully saturated rings. The molecule has 0 saturated heterocycles. The van der Waals surface area contributed by atoms with Crippen molar-refractivity contribution in [3.8, 4) is 11.1 Å². The number of amides is 2. The quantitative estimate of drug-likeness (QED) is 0.535. The molecule has 2 aromatic rings. The van der Waals surface area contributed by atoms with Crippen molar-refractivity contribution in [1.82, 2.24) is 10.6 Å². The second-order valence-corrected chi connectivity index (χ2v) is 10.7. The minimum absolute atomic E-state index is 0.0529. The lowest BCUT2D eigenvalue weighted by atomic mass is 9.73. The van der Waals surface area contributed by atoms with Gasteiger partial charge in [0.25, 0.3) is 0 Å². The number of fused-ring (bicyclic) bond motifs is 3. The van der Waals surface area contributed by atoms with E-state index in [0.717, 1.165) is 28.7 Å². The van der Waals surface area contributed by atoms with Gasteiger partial charge in [-0.05, 0) is 62.8 Å². The van der Waals surface area contributed by atoms with Gasteiger partial charge in [0.1, 0.15) is 6.61 Å². The predicted octanol–water partition coefficient (Wildman–Crippen LogP) is 4.70. The summed E-state index contributed by atoms with van der Waals surface area (Å²) in [5.74, 6) is -1.81. The molecule has 35 heavy (non-hydrogen) atoms. The Bertz CT molecular complexity index is 1090. The highest BCUT2D eigenvalue weighted by molar-refractivity contribution is 5.85. The number of alkyl carbamates (subject to hydrolysis) is 1. The Balaban J connectivity index is 1.40. The van der Waals surface area contributed by atoms with Crippen molar-refractivity contribution < 1.29 is 24.2 Å². The van der Waals surface area contributed by atoms with E-state index in [2.05, 4.69) is 34.9 Å². The molecular formula is C28H34N2O5. The fraction of sp³-hybridized carbons (Fsp3) is 0.464. The molecule has 2 aliphatic rings. The third kappa shape index (κ3) is 4.64. The molecule has 2 aromatic carbocycles. The van der Waals surface area contributed by atoms with Gasteiger partial charge in [-0.1, -0.05) is 55.0 Å². The minimum Gasteiger partial charge on any atom is -0.481 e. The van der Waals surface area contributed by atoms with Crippen molar-refractivity contribution in [3.63, 3.8) is 0 Å². The number of aliphatic carboxylic acids is 1. The highest BCUT2D eigenvalue weighted by Gasteiger charge is 2.46. The van der Waals surface area contributed by atoms with Crippen molar-refractivity contribution in [2.24, 2.45) is 11.3 Å². The molecule has 0 unspecified atom stereocenters. The molecule has 0 bridgehead atoms. The van der Waals surface area contributed by atoms with Gasteiger partial charge in [-0.2, -0.15) is 0 Å². The van der Waals surface area contributed by atoms with Crippen LogP contribution in [0.5, 0.6) is 0 Å². The molecule has 2 aliphatic carbocycles. The summed E-state index contributed by atoms with van der Waals surface area (Å²) in [6.07, 6.45) is 1.37. The van der Waals surface area contributed by atoms with Crippen molar-refractivity contribution >= 4 is 18.0 Å². The summed E-state index contributed by atoms with van der Waals surface area (Å²) >= 11 is 0. The highest BCUT2D eigenvalue weighted by atomic mass is 16.5. The zero-order chi connectivity index (χ0) is 25.4. The van der Waals surface area contributed by atoms with E-state index < -0.39 is 35.0 Å². The molecule has 0 aliphatic heterocycles. The molecule has 2 amide bonds.